The molecule has 1 aromatic heterocycles. The van der Waals surface area contributed by atoms with Crippen LogP contribution in [0.3, 0.4) is 0 Å². The van der Waals surface area contributed by atoms with Crippen molar-refractivity contribution in [3.63, 3.8) is 0 Å². The van der Waals surface area contributed by atoms with Crippen molar-refractivity contribution in [2.75, 3.05) is 19.0 Å². The fourth-order valence-electron chi connectivity index (χ4n) is 5.63. The number of aryl methyl sites for hydroxylation is 1. The highest BCUT2D eigenvalue weighted by atomic mass is 16.5. The molecule has 8 heteroatoms. The number of carbonyl (C=O) groups is 2. The number of methoxy groups -OCH3 is 1. The first-order chi connectivity index (χ1) is 16.3. The number of ether oxygens (including phenoxy) is 1. The minimum absolute atomic E-state index is 0.0165. The summed E-state index contributed by atoms with van der Waals surface area (Å²) in [5.41, 5.74) is 3.24. The summed E-state index contributed by atoms with van der Waals surface area (Å²) in [5.74, 6) is 1.65. The van der Waals surface area contributed by atoms with E-state index in [-0.39, 0.29) is 36.0 Å². The van der Waals surface area contributed by atoms with Gasteiger partial charge in [0, 0.05) is 24.2 Å². The molecule has 3 N–H and O–H groups in total. The maximum atomic E-state index is 13.2. The van der Waals surface area contributed by atoms with Crippen LogP contribution in [0.4, 0.5) is 5.69 Å². The minimum atomic E-state index is -0.384. The zero-order chi connectivity index (χ0) is 23.9. The van der Waals surface area contributed by atoms with Crippen LogP contribution in [-0.2, 0) is 9.59 Å². The Hall–Kier alpha value is -3.39. The topological polar surface area (TPSA) is 99.3 Å². The van der Waals surface area contributed by atoms with E-state index in [1.807, 2.05) is 37.3 Å². The highest BCUT2D eigenvalue weighted by Crippen LogP contribution is 2.45. The molecule has 5 rings (SSSR count). The molecule has 2 aliphatic rings. The number of amides is 2. The van der Waals surface area contributed by atoms with Crippen molar-refractivity contribution in [2.45, 2.75) is 57.2 Å². The Morgan fingerprint density at radius 2 is 2.06 bits per heavy atom. The molecule has 3 aromatic rings. The Bertz CT molecular complexity index is 1220. The quantitative estimate of drug-likeness (QED) is 0.538. The van der Waals surface area contributed by atoms with Gasteiger partial charge in [-0.2, -0.15) is 0 Å². The average Bonchev–Trinajstić information content (AvgIpc) is 3.24. The molecule has 0 bridgehead atoms. The Balaban J connectivity index is 1.40. The van der Waals surface area contributed by atoms with Gasteiger partial charge in [0.2, 0.25) is 11.8 Å². The average molecular weight is 462 g/mol. The largest absolute Gasteiger partial charge is 0.497 e. The standard InChI is InChI=1S/C26H31N5O3/c1-16-27-20-12-9-18(13-21(20)28-16)29-25(33)15-31-22(17-7-10-19(34-3)11-8-17)14-26(2)23(31)5-4-6-24(32)30-26/h7-13,22-23H,4-6,14-15H2,1-3H3,(H,27,28)(H,29,33)(H,30,32)/t22-,23-,26-/m0/s1. The van der Waals surface area contributed by atoms with Crippen LogP contribution in [0.15, 0.2) is 42.5 Å². The van der Waals surface area contributed by atoms with Crippen molar-refractivity contribution >= 4 is 28.5 Å². The summed E-state index contributed by atoms with van der Waals surface area (Å²) in [6, 6.07) is 13.8. The van der Waals surface area contributed by atoms with Crippen molar-refractivity contribution in [1.29, 1.82) is 0 Å². The van der Waals surface area contributed by atoms with Crippen LogP contribution in [0, 0.1) is 6.92 Å². The zero-order valence-electron chi connectivity index (χ0n) is 19.9. The van der Waals surface area contributed by atoms with Crippen LogP contribution in [0.25, 0.3) is 11.0 Å². The number of likely N-dealkylation sites (tertiary alicyclic amines) is 1. The van der Waals surface area contributed by atoms with E-state index in [0.29, 0.717) is 6.42 Å². The van der Waals surface area contributed by atoms with E-state index < -0.39 is 0 Å². The highest BCUT2D eigenvalue weighted by Gasteiger charge is 2.51. The van der Waals surface area contributed by atoms with Gasteiger partial charge >= 0.3 is 0 Å². The van der Waals surface area contributed by atoms with E-state index in [1.165, 1.54) is 0 Å². The Kier molecular flexibility index (Phi) is 5.77. The monoisotopic (exact) mass is 461 g/mol. The summed E-state index contributed by atoms with van der Waals surface area (Å²) in [5, 5.41) is 6.32. The number of anilines is 1. The predicted octanol–water partition coefficient (Wildman–Crippen LogP) is 3.69. The molecule has 0 saturated carbocycles. The highest BCUT2D eigenvalue weighted by molar-refractivity contribution is 5.94. The third-order valence-electron chi connectivity index (χ3n) is 7.17. The van der Waals surface area contributed by atoms with Gasteiger partial charge in [-0.05, 0) is 69.0 Å². The lowest BCUT2D eigenvalue weighted by Gasteiger charge is -2.34. The second-order valence-corrected chi connectivity index (χ2v) is 9.64. The number of aromatic amines is 1. The number of hydrogen-bond acceptors (Lipinski definition) is 5. The van der Waals surface area contributed by atoms with Gasteiger partial charge in [-0.1, -0.05) is 12.1 Å². The third-order valence-corrected chi connectivity index (χ3v) is 7.17. The van der Waals surface area contributed by atoms with E-state index in [2.05, 4.69) is 44.6 Å². The predicted molar refractivity (Wildman–Crippen MR) is 131 cm³/mol. The van der Waals surface area contributed by atoms with Crippen molar-refractivity contribution < 1.29 is 14.3 Å². The number of H-pyrrole nitrogens is 1. The first-order valence-electron chi connectivity index (χ1n) is 11.8. The maximum absolute atomic E-state index is 13.2. The van der Waals surface area contributed by atoms with Gasteiger partial charge in [-0.25, -0.2) is 4.98 Å². The molecule has 0 radical (unpaired) electrons. The normalized spacial score (nSPS) is 25.0. The van der Waals surface area contributed by atoms with Crippen molar-refractivity contribution in [3.8, 4) is 5.75 Å². The summed E-state index contributed by atoms with van der Waals surface area (Å²) >= 11 is 0. The molecule has 178 valence electrons. The summed E-state index contributed by atoms with van der Waals surface area (Å²) in [7, 11) is 1.65. The molecular weight excluding hydrogens is 430 g/mol. The molecule has 2 aromatic carbocycles. The number of aromatic nitrogens is 2. The second-order valence-electron chi connectivity index (χ2n) is 9.64. The van der Waals surface area contributed by atoms with Gasteiger partial charge < -0.3 is 20.4 Å². The summed E-state index contributed by atoms with van der Waals surface area (Å²) in [6.07, 6.45) is 2.97. The van der Waals surface area contributed by atoms with Gasteiger partial charge in [-0.3, -0.25) is 14.5 Å². The Labute approximate surface area is 199 Å². The lowest BCUT2D eigenvalue weighted by molar-refractivity contribution is -0.122. The molecule has 3 atom stereocenters. The molecule has 0 spiro atoms. The summed E-state index contributed by atoms with van der Waals surface area (Å²) in [4.78, 5) is 35.5. The number of carbonyl (C=O) groups excluding carboxylic acids is 2. The first-order valence-corrected chi connectivity index (χ1v) is 11.8. The number of nitrogens with one attached hydrogen (secondary N) is 3. The van der Waals surface area contributed by atoms with Gasteiger partial charge in [0.05, 0.1) is 30.2 Å². The lowest BCUT2D eigenvalue weighted by Crippen LogP contribution is -2.53. The number of hydrogen-bond donors (Lipinski definition) is 3. The first kappa shape index (κ1) is 22.4. The SMILES string of the molecule is COc1ccc([C@@H]2C[C@]3(C)NC(=O)CCC[C@@H]3N2CC(=O)Nc2ccc3nc(C)[nH]c3c2)cc1. The van der Waals surface area contributed by atoms with E-state index >= 15 is 0 Å². The van der Waals surface area contributed by atoms with Crippen LogP contribution in [0.2, 0.25) is 0 Å². The van der Waals surface area contributed by atoms with Crippen LogP contribution >= 0.6 is 0 Å². The molecule has 0 aliphatic carbocycles. The van der Waals surface area contributed by atoms with Gasteiger partial charge in [0.25, 0.3) is 0 Å². The molecule has 3 heterocycles. The molecule has 8 nitrogen and oxygen atoms in total. The molecule has 2 amide bonds. The van der Waals surface area contributed by atoms with Crippen LogP contribution in [-0.4, -0.2) is 51.9 Å². The number of rotatable bonds is 5. The molecular formula is C26H31N5O3. The number of benzene rings is 2. The van der Waals surface area contributed by atoms with Gasteiger partial charge in [0.1, 0.15) is 11.6 Å². The van der Waals surface area contributed by atoms with E-state index in [1.54, 1.807) is 7.11 Å². The minimum Gasteiger partial charge on any atom is -0.497 e. The fourth-order valence-corrected chi connectivity index (χ4v) is 5.63. The second kappa shape index (κ2) is 8.76. The van der Waals surface area contributed by atoms with E-state index in [9.17, 15) is 9.59 Å². The fraction of sp³-hybridized carbons (Fsp3) is 0.423. The van der Waals surface area contributed by atoms with Crippen molar-refractivity contribution in [1.82, 2.24) is 20.2 Å². The smallest absolute Gasteiger partial charge is 0.238 e. The molecule has 2 fully saturated rings. The third kappa shape index (κ3) is 4.25. The zero-order valence-corrected chi connectivity index (χ0v) is 19.9. The Morgan fingerprint density at radius 1 is 1.26 bits per heavy atom. The summed E-state index contributed by atoms with van der Waals surface area (Å²) in [6.45, 7) is 4.27. The Morgan fingerprint density at radius 3 is 2.82 bits per heavy atom. The molecule has 34 heavy (non-hydrogen) atoms. The van der Waals surface area contributed by atoms with E-state index in [0.717, 1.165) is 53.1 Å². The van der Waals surface area contributed by atoms with Crippen LogP contribution in [0.1, 0.15) is 50.0 Å². The van der Waals surface area contributed by atoms with Gasteiger partial charge in [0.15, 0.2) is 0 Å². The number of nitrogens with zero attached hydrogens (tertiary/aromatic N) is 2. The van der Waals surface area contributed by atoms with Crippen LogP contribution in [0.5, 0.6) is 5.75 Å². The van der Waals surface area contributed by atoms with Crippen molar-refractivity contribution in [3.05, 3.63) is 53.9 Å². The number of imidazole rings is 1. The molecule has 2 saturated heterocycles. The molecule has 2 aliphatic heterocycles. The maximum Gasteiger partial charge on any atom is 0.238 e. The van der Waals surface area contributed by atoms with E-state index in [4.69, 9.17) is 4.74 Å². The van der Waals surface area contributed by atoms with Crippen molar-refractivity contribution in [2.24, 2.45) is 0 Å². The van der Waals surface area contributed by atoms with Crippen LogP contribution < -0.4 is 15.4 Å². The number of fused-ring (bicyclic) bond motifs is 2. The summed E-state index contributed by atoms with van der Waals surface area (Å²) < 4.78 is 5.32. The lowest BCUT2D eigenvalue weighted by atomic mass is 9.88. The molecule has 0 unspecified atom stereocenters. The van der Waals surface area contributed by atoms with Gasteiger partial charge in [-0.15, -0.1) is 0 Å².